The molecule has 0 aliphatic heterocycles. The van der Waals surface area contributed by atoms with Gasteiger partial charge in [0.15, 0.2) is 0 Å². The van der Waals surface area contributed by atoms with Gasteiger partial charge in [-0.1, -0.05) is 24.1 Å². The maximum atomic E-state index is 10.1. The van der Waals surface area contributed by atoms with Crippen LogP contribution in [-0.4, -0.2) is 14.5 Å². The van der Waals surface area contributed by atoms with Crippen molar-refractivity contribution in [1.82, 2.24) is 0 Å². The van der Waals surface area contributed by atoms with Gasteiger partial charge in [0.1, 0.15) is 0 Å². The molecule has 0 aromatic heterocycles. The second kappa shape index (κ2) is 5.62. The van der Waals surface area contributed by atoms with Gasteiger partial charge in [0.05, 0.1) is 0 Å². The monoisotopic (exact) mass is 161 g/mol. The molecule has 2 nitrogen and oxygen atoms in total. The largest absolute Gasteiger partial charge is 0.772 e. The van der Waals surface area contributed by atoms with Crippen LogP contribution in [0.2, 0.25) is 0 Å². The summed E-state index contributed by atoms with van der Waals surface area (Å²) < 4.78 is 20.2. The lowest BCUT2D eigenvalue weighted by Gasteiger charge is -2.09. The molecule has 0 heterocycles. The molecule has 0 saturated heterocycles. The zero-order chi connectivity index (χ0) is 7.98. The van der Waals surface area contributed by atoms with E-state index in [0.717, 1.165) is 12.8 Å². The van der Waals surface area contributed by atoms with Crippen LogP contribution < -0.4 is 0 Å². The fraction of sp³-hybridized carbons (Fsp3) is 0.714. The van der Waals surface area contributed by atoms with Crippen LogP contribution in [0.5, 0.6) is 0 Å². The second-order valence-electron chi connectivity index (χ2n) is 2.43. The summed E-state index contributed by atoms with van der Waals surface area (Å²) in [6, 6.07) is 0. The standard InChI is InChI=1S/C7H14O2S/c1-3-4-7(2)5-6-10(8)9/h3,7H,1,4-6H2,2H3,(H,8,9)/p-1/t7-/m1/s1. The summed E-state index contributed by atoms with van der Waals surface area (Å²) in [6.07, 6.45) is 3.46. The van der Waals surface area contributed by atoms with Crippen molar-refractivity contribution in [3.8, 4) is 0 Å². The molecular formula is C7H13O2S-. The summed E-state index contributed by atoms with van der Waals surface area (Å²) in [4.78, 5) is 0. The van der Waals surface area contributed by atoms with Crippen LogP contribution in [-0.2, 0) is 11.1 Å². The van der Waals surface area contributed by atoms with E-state index < -0.39 is 11.1 Å². The normalized spacial score (nSPS) is 16.2. The fourth-order valence-electron chi connectivity index (χ4n) is 0.700. The highest BCUT2D eigenvalue weighted by Gasteiger charge is 1.97. The maximum Gasteiger partial charge on any atom is 0.0104 e. The van der Waals surface area contributed by atoms with Crippen molar-refractivity contribution >= 4 is 11.1 Å². The van der Waals surface area contributed by atoms with E-state index in [-0.39, 0.29) is 5.75 Å². The average molecular weight is 161 g/mol. The summed E-state index contributed by atoms with van der Waals surface area (Å²) in [5, 5.41) is 0. The minimum Gasteiger partial charge on any atom is -0.772 e. The number of hydrogen-bond acceptors (Lipinski definition) is 2. The first-order chi connectivity index (χ1) is 4.66. The van der Waals surface area contributed by atoms with Gasteiger partial charge in [0.25, 0.3) is 0 Å². The third kappa shape index (κ3) is 5.98. The van der Waals surface area contributed by atoms with E-state index in [2.05, 4.69) is 6.58 Å². The van der Waals surface area contributed by atoms with Crippen molar-refractivity contribution in [2.45, 2.75) is 19.8 Å². The van der Waals surface area contributed by atoms with E-state index in [1.807, 2.05) is 13.0 Å². The predicted octanol–water partition coefficient (Wildman–Crippen LogP) is 1.47. The molecule has 0 amide bonds. The van der Waals surface area contributed by atoms with E-state index in [4.69, 9.17) is 0 Å². The molecular weight excluding hydrogens is 148 g/mol. The molecule has 0 aromatic rings. The zero-order valence-electron chi connectivity index (χ0n) is 6.21. The van der Waals surface area contributed by atoms with Crippen molar-refractivity contribution in [2.24, 2.45) is 5.92 Å². The van der Waals surface area contributed by atoms with Crippen LogP contribution in [0.25, 0.3) is 0 Å². The molecule has 0 rings (SSSR count). The second-order valence-corrected chi connectivity index (χ2v) is 3.44. The van der Waals surface area contributed by atoms with Crippen molar-refractivity contribution in [3.63, 3.8) is 0 Å². The van der Waals surface area contributed by atoms with Gasteiger partial charge in [-0.25, -0.2) is 0 Å². The first kappa shape index (κ1) is 9.85. The molecule has 0 fully saturated rings. The third-order valence-corrected chi connectivity index (χ3v) is 1.92. The Labute approximate surface area is 64.6 Å². The molecule has 0 spiro atoms. The lowest BCUT2D eigenvalue weighted by atomic mass is 10.1. The van der Waals surface area contributed by atoms with Gasteiger partial charge >= 0.3 is 0 Å². The van der Waals surface area contributed by atoms with Gasteiger partial charge in [-0.15, -0.1) is 6.58 Å². The highest BCUT2D eigenvalue weighted by Crippen LogP contribution is 2.07. The van der Waals surface area contributed by atoms with Crippen molar-refractivity contribution in [3.05, 3.63) is 12.7 Å². The first-order valence-electron chi connectivity index (χ1n) is 3.33. The van der Waals surface area contributed by atoms with Gasteiger partial charge in [-0.2, -0.15) is 0 Å². The van der Waals surface area contributed by atoms with Gasteiger partial charge in [-0.3, -0.25) is 4.21 Å². The molecule has 0 aliphatic rings. The number of allylic oxidation sites excluding steroid dienone is 1. The molecule has 0 aromatic carbocycles. The van der Waals surface area contributed by atoms with Crippen LogP contribution in [0.3, 0.4) is 0 Å². The zero-order valence-corrected chi connectivity index (χ0v) is 7.02. The Balaban J connectivity index is 3.29. The summed E-state index contributed by atoms with van der Waals surface area (Å²) in [5.41, 5.74) is 0. The number of rotatable bonds is 5. The van der Waals surface area contributed by atoms with Gasteiger partial charge in [-0.05, 0) is 18.8 Å². The van der Waals surface area contributed by atoms with Crippen LogP contribution in [0.1, 0.15) is 19.8 Å². The smallest absolute Gasteiger partial charge is 0.0104 e. The van der Waals surface area contributed by atoms with E-state index in [0.29, 0.717) is 5.92 Å². The Morgan fingerprint density at radius 1 is 1.80 bits per heavy atom. The highest BCUT2D eigenvalue weighted by molar-refractivity contribution is 7.79. The molecule has 2 atom stereocenters. The Morgan fingerprint density at radius 3 is 2.80 bits per heavy atom. The maximum absolute atomic E-state index is 10.1. The van der Waals surface area contributed by atoms with Crippen LogP contribution in [0.15, 0.2) is 12.7 Å². The van der Waals surface area contributed by atoms with Crippen LogP contribution in [0, 0.1) is 5.92 Å². The number of hydrogen-bond donors (Lipinski definition) is 0. The summed E-state index contributed by atoms with van der Waals surface area (Å²) >= 11 is -1.87. The lowest BCUT2D eigenvalue weighted by Crippen LogP contribution is -2.01. The van der Waals surface area contributed by atoms with Gasteiger partial charge < -0.3 is 4.55 Å². The predicted molar refractivity (Wildman–Crippen MR) is 42.4 cm³/mol. The van der Waals surface area contributed by atoms with Crippen LogP contribution in [0.4, 0.5) is 0 Å². The summed E-state index contributed by atoms with van der Waals surface area (Å²) in [6.45, 7) is 5.60. The Hall–Kier alpha value is -0.150. The van der Waals surface area contributed by atoms with E-state index >= 15 is 0 Å². The SMILES string of the molecule is C=CC[C@@H](C)CCS(=O)[O-]. The quantitative estimate of drug-likeness (QED) is 0.452. The Bertz CT molecular complexity index is 123. The summed E-state index contributed by atoms with van der Waals surface area (Å²) in [5.74, 6) is 0.713. The molecule has 3 heteroatoms. The third-order valence-electron chi connectivity index (χ3n) is 1.35. The molecule has 60 valence electrons. The minimum absolute atomic E-state index is 0.273. The molecule has 10 heavy (non-hydrogen) atoms. The molecule has 0 aliphatic carbocycles. The topological polar surface area (TPSA) is 40.1 Å². The molecule has 0 bridgehead atoms. The molecule has 0 radical (unpaired) electrons. The van der Waals surface area contributed by atoms with Crippen molar-refractivity contribution in [2.75, 3.05) is 5.75 Å². The lowest BCUT2D eigenvalue weighted by molar-refractivity contribution is 0.516. The van der Waals surface area contributed by atoms with E-state index in [1.165, 1.54) is 0 Å². The van der Waals surface area contributed by atoms with Crippen LogP contribution >= 0.6 is 0 Å². The van der Waals surface area contributed by atoms with E-state index in [9.17, 15) is 8.76 Å². The highest BCUT2D eigenvalue weighted by atomic mass is 32.2. The first-order valence-corrected chi connectivity index (χ1v) is 4.58. The Kier molecular flexibility index (Phi) is 5.54. The molecule has 0 saturated carbocycles. The Morgan fingerprint density at radius 2 is 2.40 bits per heavy atom. The average Bonchev–Trinajstić information content (AvgIpc) is 1.85. The van der Waals surface area contributed by atoms with Gasteiger partial charge in [0.2, 0.25) is 0 Å². The van der Waals surface area contributed by atoms with E-state index in [1.54, 1.807) is 0 Å². The van der Waals surface area contributed by atoms with Crippen molar-refractivity contribution in [1.29, 1.82) is 0 Å². The van der Waals surface area contributed by atoms with Gasteiger partial charge in [0, 0.05) is 5.75 Å². The summed E-state index contributed by atoms with van der Waals surface area (Å²) in [7, 11) is 0. The molecule has 0 N–H and O–H groups in total. The van der Waals surface area contributed by atoms with Crippen molar-refractivity contribution < 1.29 is 8.76 Å². The fourth-order valence-corrected chi connectivity index (χ4v) is 1.29. The molecule has 1 unspecified atom stereocenters. The minimum atomic E-state index is -1.87.